The highest BCUT2D eigenvalue weighted by Crippen LogP contribution is 2.74. The topological polar surface area (TPSA) is 63.7 Å². The van der Waals surface area contributed by atoms with Crippen molar-refractivity contribution in [3.63, 3.8) is 0 Å². The zero-order valence-electron chi connectivity index (χ0n) is 25.2. The number of rotatable bonds is 6. The van der Waals surface area contributed by atoms with Crippen LogP contribution in [0.15, 0.2) is 133 Å². The highest BCUT2D eigenvalue weighted by atomic mass is 35.5. The molecule has 0 spiro atoms. The molecule has 5 aromatic rings. The minimum absolute atomic E-state index is 0.219. The first-order valence-electron chi connectivity index (χ1n) is 15.3. The molecular formula is C40H27Cl2NO4. The van der Waals surface area contributed by atoms with E-state index in [9.17, 15) is 0 Å². The van der Waals surface area contributed by atoms with Gasteiger partial charge in [0.05, 0.1) is 35.5 Å². The van der Waals surface area contributed by atoms with E-state index in [0.29, 0.717) is 43.8 Å². The summed E-state index contributed by atoms with van der Waals surface area (Å²) in [6.07, 6.45) is 0. The molecule has 0 unspecified atom stereocenters. The Hall–Kier alpha value is -4.97. The van der Waals surface area contributed by atoms with Gasteiger partial charge in [0.15, 0.2) is 5.78 Å². The van der Waals surface area contributed by atoms with Crippen LogP contribution >= 0.6 is 23.2 Å². The minimum Gasteiger partial charge on any atom is -0.495 e. The fourth-order valence-corrected chi connectivity index (χ4v) is 8.66. The molecule has 3 aliphatic rings. The van der Waals surface area contributed by atoms with E-state index < -0.39 is 34.5 Å². The molecule has 0 radical (unpaired) electrons. The number of benzene rings is 5. The second-order valence-electron chi connectivity index (χ2n) is 12.1. The van der Waals surface area contributed by atoms with Crippen LogP contribution < -0.4 is 9.64 Å². The van der Waals surface area contributed by atoms with Gasteiger partial charge in [-0.3, -0.25) is 14.4 Å². The molecule has 2 fully saturated rings. The van der Waals surface area contributed by atoms with E-state index in [0.717, 1.165) is 11.1 Å². The molecule has 0 N–H and O–H groups in total. The van der Waals surface area contributed by atoms with Gasteiger partial charge in [-0.25, -0.2) is 4.90 Å². The third-order valence-electron chi connectivity index (χ3n) is 10.0. The molecule has 0 aromatic heterocycles. The van der Waals surface area contributed by atoms with Crippen molar-refractivity contribution in [1.29, 1.82) is 0 Å². The van der Waals surface area contributed by atoms with Crippen LogP contribution in [0, 0.1) is 11.8 Å². The van der Waals surface area contributed by atoms with E-state index in [1.54, 1.807) is 48.5 Å². The largest absolute Gasteiger partial charge is 0.495 e. The Morgan fingerprint density at radius 3 is 1.38 bits per heavy atom. The SMILES string of the molecule is COc1ccccc1N1C(=O)[C@@H]2[C@@H](C1=O)[C@@]1(c3ccc(Cl)cc3)C(=O)[C@@]2(c2ccc(Cl)cc2)C(c2ccccc2)=C1c1ccccc1. The molecule has 2 amide bonds. The van der Waals surface area contributed by atoms with Crippen LogP contribution in [0.4, 0.5) is 5.69 Å². The highest BCUT2D eigenvalue weighted by Gasteiger charge is 2.82. The van der Waals surface area contributed by atoms with Gasteiger partial charge in [-0.1, -0.05) is 120 Å². The predicted octanol–water partition coefficient (Wildman–Crippen LogP) is 8.19. The molecule has 1 saturated carbocycles. The summed E-state index contributed by atoms with van der Waals surface area (Å²) in [5.74, 6) is -2.87. The van der Waals surface area contributed by atoms with Gasteiger partial charge in [-0.2, -0.15) is 0 Å². The average molecular weight is 657 g/mol. The van der Waals surface area contributed by atoms with Gasteiger partial charge in [0, 0.05) is 10.0 Å². The number of hydrogen-bond acceptors (Lipinski definition) is 4. The number of para-hydroxylation sites is 2. The zero-order valence-corrected chi connectivity index (χ0v) is 26.7. The van der Waals surface area contributed by atoms with Crippen LogP contribution in [-0.2, 0) is 25.2 Å². The molecular weight excluding hydrogens is 629 g/mol. The van der Waals surface area contributed by atoms with Crippen LogP contribution in [0.5, 0.6) is 5.75 Å². The summed E-state index contributed by atoms with van der Waals surface area (Å²) in [5, 5.41) is 0.985. The van der Waals surface area contributed by atoms with Crippen molar-refractivity contribution in [3.05, 3.63) is 166 Å². The maximum absolute atomic E-state index is 16.0. The first kappa shape index (κ1) is 29.4. The molecule has 1 heterocycles. The number of hydrogen-bond donors (Lipinski definition) is 0. The number of imide groups is 1. The average Bonchev–Trinajstić information content (AvgIpc) is 3.61. The van der Waals surface area contributed by atoms with Crippen LogP contribution in [-0.4, -0.2) is 24.7 Å². The Bertz CT molecular complexity index is 1980. The van der Waals surface area contributed by atoms with Gasteiger partial charge in [0.1, 0.15) is 5.75 Å². The molecule has 2 bridgehead atoms. The number of anilines is 1. The summed E-state index contributed by atoms with van der Waals surface area (Å²) in [6, 6.07) is 40.6. The maximum Gasteiger partial charge on any atom is 0.239 e. The van der Waals surface area contributed by atoms with Crippen LogP contribution in [0.2, 0.25) is 10.0 Å². The quantitative estimate of drug-likeness (QED) is 0.173. The molecule has 7 heteroatoms. The van der Waals surface area contributed by atoms with E-state index in [1.807, 2.05) is 84.9 Å². The van der Waals surface area contributed by atoms with Crippen molar-refractivity contribution in [2.24, 2.45) is 11.8 Å². The summed E-state index contributed by atoms with van der Waals surface area (Å²) in [7, 11) is 1.50. The number of ketones is 1. The lowest BCUT2D eigenvalue weighted by Crippen LogP contribution is -2.45. The first-order valence-corrected chi connectivity index (χ1v) is 16.1. The number of Topliss-reactive ketones (excluding diaryl/α,β-unsaturated/α-hetero) is 1. The number of allylic oxidation sites excluding steroid dienone is 2. The number of nitrogens with zero attached hydrogens (tertiary/aromatic N) is 1. The van der Waals surface area contributed by atoms with E-state index >= 15 is 14.4 Å². The number of ether oxygens (including phenoxy) is 1. The Kier molecular flexibility index (Phi) is 6.76. The van der Waals surface area contributed by atoms with Crippen molar-refractivity contribution in [2.75, 3.05) is 12.0 Å². The van der Waals surface area contributed by atoms with Gasteiger partial charge >= 0.3 is 0 Å². The first-order chi connectivity index (χ1) is 22.9. The van der Waals surface area contributed by atoms with E-state index in [-0.39, 0.29) is 5.78 Å². The number of halogens is 2. The Balaban J connectivity index is 1.56. The Morgan fingerprint density at radius 1 is 0.553 bits per heavy atom. The summed E-state index contributed by atoms with van der Waals surface area (Å²) >= 11 is 12.8. The van der Waals surface area contributed by atoms with Crippen LogP contribution in [0.25, 0.3) is 11.1 Å². The number of carbonyl (C=O) groups is 3. The normalized spacial score (nSPS) is 24.7. The van der Waals surface area contributed by atoms with Crippen molar-refractivity contribution >= 4 is 57.6 Å². The second kappa shape index (κ2) is 10.8. The van der Waals surface area contributed by atoms with Crippen LogP contribution in [0.1, 0.15) is 22.3 Å². The lowest BCUT2D eigenvalue weighted by molar-refractivity contribution is -0.130. The highest BCUT2D eigenvalue weighted by molar-refractivity contribution is 6.39. The molecule has 4 atom stereocenters. The minimum atomic E-state index is -1.54. The number of amides is 2. The van der Waals surface area contributed by atoms with Crippen LogP contribution in [0.3, 0.4) is 0 Å². The molecule has 230 valence electrons. The van der Waals surface area contributed by atoms with E-state index in [2.05, 4.69) is 0 Å². The fourth-order valence-electron chi connectivity index (χ4n) is 8.41. The molecule has 8 rings (SSSR count). The van der Waals surface area contributed by atoms with Crippen molar-refractivity contribution < 1.29 is 19.1 Å². The lowest BCUT2D eigenvalue weighted by Gasteiger charge is -2.39. The van der Waals surface area contributed by atoms with Gasteiger partial charge < -0.3 is 4.74 Å². The third kappa shape index (κ3) is 3.81. The van der Waals surface area contributed by atoms with Crippen molar-refractivity contribution in [3.8, 4) is 5.75 Å². The molecule has 5 nitrogen and oxygen atoms in total. The third-order valence-corrected chi connectivity index (χ3v) is 10.5. The van der Waals surface area contributed by atoms with Crippen molar-refractivity contribution in [2.45, 2.75) is 10.8 Å². The molecule has 47 heavy (non-hydrogen) atoms. The summed E-state index contributed by atoms with van der Waals surface area (Å²) < 4.78 is 5.64. The molecule has 5 aromatic carbocycles. The molecule has 1 saturated heterocycles. The monoisotopic (exact) mass is 655 g/mol. The van der Waals surface area contributed by atoms with Gasteiger partial charge in [-0.05, 0) is 69.8 Å². The zero-order chi connectivity index (χ0) is 32.5. The summed E-state index contributed by atoms with van der Waals surface area (Å²) in [6.45, 7) is 0. The van der Waals surface area contributed by atoms with Crippen molar-refractivity contribution in [1.82, 2.24) is 0 Å². The number of carbonyl (C=O) groups excluding carboxylic acids is 3. The standard InChI is InChI=1S/C40H27Cl2NO4/c1-47-31-15-9-8-14-30(31)43-36(44)34-35(37(43)45)40(27-18-22-29(42)23-19-27)33(25-12-6-3-7-13-25)32(24-10-4-2-5-11-24)39(34,38(40)46)26-16-20-28(41)21-17-26/h2-23,34-35H,1H3/t34-,35-,39-,40-/m0/s1. The summed E-state index contributed by atoms with van der Waals surface area (Å²) in [5.41, 5.74) is 1.46. The summed E-state index contributed by atoms with van der Waals surface area (Å²) in [4.78, 5) is 47.4. The van der Waals surface area contributed by atoms with Gasteiger partial charge in [0.25, 0.3) is 0 Å². The maximum atomic E-state index is 16.0. The van der Waals surface area contributed by atoms with Gasteiger partial charge in [0.2, 0.25) is 11.8 Å². The smallest absolute Gasteiger partial charge is 0.239 e. The fraction of sp³-hybridized carbons (Fsp3) is 0.125. The molecule has 1 aliphatic heterocycles. The predicted molar refractivity (Wildman–Crippen MR) is 183 cm³/mol. The molecule has 2 aliphatic carbocycles. The Morgan fingerprint density at radius 2 is 0.957 bits per heavy atom. The number of fused-ring (bicyclic) bond motifs is 5. The van der Waals surface area contributed by atoms with E-state index in [4.69, 9.17) is 27.9 Å². The van der Waals surface area contributed by atoms with Gasteiger partial charge in [-0.15, -0.1) is 0 Å². The Labute approximate surface area is 282 Å². The van der Waals surface area contributed by atoms with E-state index in [1.165, 1.54) is 12.0 Å². The second-order valence-corrected chi connectivity index (χ2v) is 13.0. The lowest BCUT2D eigenvalue weighted by atomic mass is 9.59. The number of methoxy groups -OCH3 is 1.